The molecule has 1 amide bonds. The van der Waals surface area contributed by atoms with E-state index in [2.05, 4.69) is 15.6 Å². The van der Waals surface area contributed by atoms with E-state index in [1.165, 1.54) is 29.2 Å². The number of carbonyl (C=O) groups excluding carboxylic acids is 1. The van der Waals surface area contributed by atoms with Crippen molar-refractivity contribution in [2.75, 3.05) is 0 Å². The molecule has 0 aliphatic rings. The first-order valence-corrected chi connectivity index (χ1v) is 7.09. The lowest BCUT2D eigenvalue weighted by molar-refractivity contribution is -0.385. The SMILES string of the molecule is CC[C@H](C(=O)N/N=C\c1ccc(F)s1)n1cc([N+](=O)[O-])cn1. The Bertz CT molecular complexity index is 711. The van der Waals surface area contributed by atoms with Gasteiger partial charge in [0.25, 0.3) is 5.91 Å². The number of nitrogens with one attached hydrogen (secondary N) is 1. The summed E-state index contributed by atoms with van der Waals surface area (Å²) in [5, 5.41) is 17.8. The average Bonchev–Trinajstić information content (AvgIpc) is 3.09. The van der Waals surface area contributed by atoms with Crippen molar-refractivity contribution in [1.82, 2.24) is 15.2 Å². The van der Waals surface area contributed by atoms with Gasteiger partial charge < -0.3 is 0 Å². The molecule has 2 heterocycles. The molecule has 0 aromatic carbocycles. The molecule has 22 heavy (non-hydrogen) atoms. The number of thiophene rings is 1. The Balaban J connectivity index is 2.02. The standard InChI is InChI=1S/C12H12FN5O3S/c1-2-10(17-7-8(5-15-17)18(20)21)12(19)16-14-6-9-3-4-11(13)22-9/h3-7,10H,2H2,1H3,(H,16,19)/b14-6-/t10-/m1/s1. The average molecular weight is 325 g/mol. The van der Waals surface area contributed by atoms with Gasteiger partial charge in [0.05, 0.1) is 16.0 Å². The van der Waals surface area contributed by atoms with Gasteiger partial charge in [-0.25, -0.2) is 5.43 Å². The second-order valence-electron chi connectivity index (χ2n) is 4.24. The van der Waals surface area contributed by atoms with Gasteiger partial charge in [-0.3, -0.25) is 19.6 Å². The Kier molecular flexibility index (Phi) is 4.94. The fourth-order valence-electron chi connectivity index (χ4n) is 1.72. The fourth-order valence-corrected chi connectivity index (χ4v) is 2.32. The summed E-state index contributed by atoms with van der Waals surface area (Å²) in [6, 6.07) is 2.11. The molecule has 0 saturated carbocycles. The molecule has 2 aromatic rings. The predicted molar refractivity (Wildman–Crippen MR) is 78.2 cm³/mol. The largest absolute Gasteiger partial charge is 0.307 e. The molecule has 0 bridgehead atoms. The van der Waals surface area contributed by atoms with E-state index < -0.39 is 16.9 Å². The number of hydrazone groups is 1. The number of hydrogen-bond acceptors (Lipinski definition) is 6. The zero-order valence-electron chi connectivity index (χ0n) is 11.5. The Morgan fingerprint density at radius 2 is 2.45 bits per heavy atom. The van der Waals surface area contributed by atoms with Crippen molar-refractivity contribution in [3.05, 3.63) is 44.6 Å². The Labute approximate surface area is 128 Å². The highest BCUT2D eigenvalue weighted by Crippen LogP contribution is 2.16. The van der Waals surface area contributed by atoms with E-state index in [0.29, 0.717) is 11.3 Å². The molecule has 0 radical (unpaired) electrons. The molecule has 0 aliphatic carbocycles. The lowest BCUT2D eigenvalue weighted by Crippen LogP contribution is -2.29. The maximum absolute atomic E-state index is 12.8. The summed E-state index contributed by atoms with van der Waals surface area (Å²) < 4.78 is 14.0. The highest BCUT2D eigenvalue weighted by Gasteiger charge is 2.21. The smallest absolute Gasteiger partial charge is 0.271 e. The summed E-state index contributed by atoms with van der Waals surface area (Å²) in [5.74, 6) is -0.464. The Morgan fingerprint density at radius 1 is 1.68 bits per heavy atom. The van der Waals surface area contributed by atoms with E-state index >= 15 is 0 Å². The molecule has 0 aliphatic heterocycles. The molecule has 0 unspecified atom stereocenters. The van der Waals surface area contributed by atoms with Crippen LogP contribution in [0.3, 0.4) is 0 Å². The van der Waals surface area contributed by atoms with Gasteiger partial charge in [-0.1, -0.05) is 6.92 Å². The van der Waals surface area contributed by atoms with E-state index in [0.717, 1.165) is 17.5 Å². The van der Waals surface area contributed by atoms with Gasteiger partial charge >= 0.3 is 5.69 Å². The highest BCUT2D eigenvalue weighted by molar-refractivity contribution is 7.12. The van der Waals surface area contributed by atoms with Crippen LogP contribution in [0.25, 0.3) is 0 Å². The van der Waals surface area contributed by atoms with Crippen LogP contribution in [0.1, 0.15) is 24.3 Å². The van der Waals surface area contributed by atoms with Crippen LogP contribution in [-0.2, 0) is 4.79 Å². The highest BCUT2D eigenvalue weighted by atomic mass is 32.1. The third kappa shape index (κ3) is 3.73. The quantitative estimate of drug-likeness (QED) is 0.499. The van der Waals surface area contributed by atoms with Crippen LogP contribution in [0, 0.1) is 15.2 Å². The maximum Gasteiger partial charge on any atom is 0.307 e. The molecule has 8 nitrogen and oxygen atoms in total. The predicted octanol–water partition coefficient (Wildman–Crippen LogP) is 2.09. The van der Waals surface area contributed by atoms with Crippen LogP contribution in [0.2, 0.25) is 0 Å². The second-order valence-corrected chi connectivity index (χ2v) is 5.30. The molecule has 2 aromatic heterocycles. The first-order valence-electron chi connectivity index (χ1n) is 6.28. The Hall–Kier alpha value is -2.62. The third-order valence-corrected chi connectivity index (χ3v) is 3.58. The molecule has 116 valence electrons. The fraction of sp³-hybridized carbons (Fsp3) is 0.250. The summed E-state index contributed by atoms with van der Waals surface area (Å²) in [4.78, 5) is 22.6. The lowest BCUT2D eigenvalue weighted by Gasteiger charge is -2.12. The molecule has 2 rings (SSSR count). The van der Waals surface area contributed by atoms with E-state index in [-0.39, 0.29) is 10.8 Å². The number of halogens is 1. The minimum atomic E-state index is -0.717. The molecule has 0 fully saturated rings. The molecule has 0 saturated heterocycles. The minimum absolute atomic E-state index is 0.191. The number of aromatic nitrogens is 2. The summed E-state index contributed by atoms with van der Waals surface area (Å²) in [7, 11) is 0. The van der Waals surface area contributed by atoms with Crippen molar-refractivity contribution in [2.45, 2.75) is 19.4 Å². The van der Waals surface area contributed by atoms with Crippen molar-refractivity contribution in [1.29, 1.82) is 0 Å². The van der Waals surface area contributed by atoms with Gasteiger partial charge in [-0.2, -0.15) is 14.6 Å². The summed E-state index contributed by atoms with van der Waals surface area (Å²) in [6.45, 7) is 1.75. The summed E-state index contributed by atoms with van der Waals surface area (Å²) >= 11 is 0.897. The summed E-state index contributed by atoms with van der Waals surface area (Å²) in [5.41, 5.74) is 2.12. The monoisotopic (exact) mass is 325 g/mol. The van der Waals surface area contributed by atoms with Crippen molar-refractivity contribution in [2.24, 2.45) is 5.10 Å². The van der Waals surface area contributed by atoms with Gasteiger partial charge in [0.1, 0.15) is 18.4 Å². The molecular weight excluding hydrogens is 313 g/mol. The zero-order chi connectivity index (χ0) is 16.1. The minimum Gasteiger partial charge on any atom is -0.271 e. The van der Waals surface area contributed by atoms with Gasteiger partial charge in [0.2, 0.25) is 0 Å². The van der Waals surface area contributed by atoms with Crippen molar-refractivity contribution < 1.29 is 14.1 Å². The topological polar surface area (TPSA) is 102 Å². The van der Waals surface area contributed by atoms with Crippen LogP contribution in [-0.4, -0.2) is 26.8 Å². The van der Waals surface area contributed by atoms with E-state index in [1.807, 2.05) is 0 Å². The lowest BCUT2D eigenvalue weighted by atomic mass is 10.2. The molecule has 1 N–H and O–H groups in total. The molecule has 0 spiro atoms. The second kappa shape index (κ2) is 6.89. The number of rotatable bonds is 6. The van der Waals surface area contributed by atoms with E-state index in [4.69, 9.17) is 0 Å². The molecule has 10 heteroatoms. The Morgan fingerprint density at radius 3 is 3.00 bits per heavy atom. The van der Waals surface area contributed by atoms with E-state index in [1.54, 1.807) is 6.92 Å². The van der Waals surface area contributed by atoms with Crippen LogP contribution < -0.4 is 5.43 Å². The molecular formula is C12H12FN5O3S. The van der Waals surface area contributed by atoms with Crippen molar-refractivity contribution >= 4 is 29.1 Å². The van der Waals surface area contributed by atoms with Crippen molar-refractivity contribution in [3.63, 3.8) is 0 Å². The number of amides is 1. The van der Waals surface area contributed by atoms with Crippen LogP contribution in [0.15, 0.2) is 29.6 Å². The first kappa shape index (κ1) is 15.8. The third-order valence-electron chi connectivity index (χ3n) is 2.77. The summed E-state index contributed by atoms with van der Waals surface area (Å²) in [6.07, 6.45) is 3.97. The normalized spacial score (nSPS) is 12.5. The van der Waals surface area contributed by atoms with Crippen LogP contribution in [0.4, 0.5) is 10.1 Å². The van der Waals surface area contributed by atoms with Crippen LogP contribution >= 0.6 is 11.3 Å². The van der Waals surface area contributed by atoms with Gasteiger partial charge in [0.15, 0.2) is 5.13 Å². The number of nitro groups is 1. The van der Waals surface area contributed by atoms with Gasteiger partial charge in [-0.05, 0) is 18.6 Å². The van der Waals surface area contributed by atoms with E-state index in [9.17, 15) is 19.3 Å². The van der Waals surface area contributed by atoms with Crippen molar-refractivity contribution in [3.8, 4) is 0 Å². The van der Waals surface area contributed by atoms with Crippen LogP contribution in [0.5, 0.6) is 0 Å². The number of carbonyl (C=O) groups is 1. The maximum atomic E-state index is 12.8. The number of hydrogen-bond donors (Lipinski definition) is 1. The molecule has 1 atom stereocenters. The number of nitrogens with zero attached hydrogens (tertiary/aromatic N) is 4. The first-order chi connectivity index (χ1) is 10.5. The zero-order valence-corrected chi connectivity index (χ0v) is 12.3. The van der Waals surface area contributed by atoms with Gasteiger partial charge in [0, 0.05) is 0 Å². The van der Waals surface area contributed by atoms with Gasteiger partial charge in [-0.15, -0.1) is 11.3 Å².